The number of benzene rings is 5. The molecule has 53 heavy (non-hydrogen) atoms. The Kier molecular flexibility index (Phi) is 9.59. The van der Waals surface area contributed by atoms with Crippen LogP contribution >= 0.6 is 0 Å². The van der Waals surface area contributed by atoms with Crippen LogP contribution in [0.5, 0.6) is 0 Å². The fraction of sp³-hybridized carbons (Fsp3) is 0.217. The third kappa shape index (κ3) is 7.33. The van der Waals surface area contributed by atoms with Crippen molar-refractivity contribution in [1.29, 1.82) is 0 Å². The van der Waals surface area contributed by atoms with E-state index < -0.39 is 12.7 Å². The fourth-order valence-corrected chi connectivity index (χ4v) is 6.65. The molecule has 0 saturated carbocycles. The van der Waals surface area contributed by atoms with Crippen molar-refractivity contribution in [2.24, 2.45) is 0 Å². The molecule has 0 aliphatic heterocycles. The molecule has 8 rings (SSSR count). The van der Waals surface area contributed by atoms with E-state index in [2.05, 4.69) is 49.4 Å². The summed E-state index contributed by atoms with van der Waals surface area (Å²) in [4.78, 5) is 9.24. The average molecular weight is 886 g/mol. The normalized spacial score (nSPS) is 13.0. The molecule has 271 valence electrons. The van der Waals surface area contributed by atoms with Crippen LogP contribution in [0.4, 0.5) is 8.78 Å². The standard InChI is InChI=1S/C31H25F2N2O.C15H16N.Ir/c1-17(2)24-14-20(33)15-25(18(3)4)29(24)35-27-11-6-5-10-26(27)34-31(35)23-9-7-8-22-21-13-12-19(32)16-28(21)36-30(22)23;1-11(2)14-9-15(16-10-12(14)3)13-7-5-4-6-8-13;/h5-8,10-18H,1-4H3;4-7,9-11H,1-3H3;/q2*-1;/i;3D3,11D;. The van der Waals surface area contributed by atoms with Crippen LogP contribution in [-0.4, -0.2) is 14.5 Å². The number of hydrogen-bond acceptors (Lipinski definition) is 3. The Bertz CT molecular complexity index is 2690. The second kappa shape index (κ2) is 15.6. The first-order valence-corrected chi connectivity index (χ1v) is 17.3. The van der Waals surface area contributed by atoms with E-state index in [9.17, 15) is 8.78 Å². The third-order valence-electron chi connectivity index (χ3n) is 9.21. The molecule has 7 heteroatoms. The number of pyridine rings is 1. The van der Waals surface area contributed by atoms with Crippen LogP contribution in [-0.2, 0) is 20.1 Å². The average Bonchev–Trinajstić information content (AvgIpc) is 3.72. The quantitative estimate of drug-likeness (QED) is 0.156. The summed E-state index contributed by atoms with van der Waals surface area (Å²) in [6.45, 7) is 9.37. The Morgan fingerprint density at radius 2 is 1.51 bits per heavy atom. The first kappa shape index (κ1) is 32.7. The number of rotatable bonds is 6. The van der Waals surface area contributed by atoms with Gasteiger partial charge in [-0.15, -0.1) is 54.1 Å². The van der Waals surface area contributed by atoms with Gasteiger partial charge in [0, 0.05) is 48.9 Å². The number of halogens is 2. The van der Waals surface area contributed by atoms with Gasteiger partial charge in [0.1, 0.15) is 17.2 Å². The van der Waals surface area contributed by atoms with Gasteiger partial charge in [-0.3, -0.25) is 4.98 Å². The topological polar surface area (TPSA) is 43.9 Å². The van der Waals surface area contributed by atoms with E-state index in [-0.39, 0.29) is 49.1 Å². The summed E-state index contributed by atoms with van der Waals surface area (Å²) in [6.07, 6.45) is 1.36. The zero-order valence-electron chi connectivity index (χ0n) is 34.3. The van der Waals surface area contributed by atoms with Gasteiger partial charge in [-0.05, 0) is 88.9 Å². The third-order valence-corrected chi connectivity index (χ3v) is 9.21. The predicted octanol–water partition coefficient (Wildman–Crippen LogP) is 12.9. The molecule has 0 unspecified atom stereocenters. The molecule has 5 aromatic carbocycles. The first-order valence-electron chi connectivity index (χ1n) is 19.3. The molecule has 3 heterocycles. The Morgan fingerprint density at radius 3 is 2.19 bits per heavy atom. The van der Waals surface area contributed by atoms with E-state index >= 15 is 0 Å². The van der Waals surface area contributed by atoms with Gasteiger partial charge in [-0.25, -0.2) is 8.78 Å². The molecular weight excluding hydrogens is 841 g/mol. The van der Waals surface area contributed by atoms with Crippen molar-refractivity contribution in [3.63, 3.8) is 0 Å². The van der Waals surface area contributed by atoms with E-state index in [4.69, 9.17) is 14.9 Å². The molecule has 1 radical (unpaired) electrons. The number of hydrogen-bond donors (Lipinski definition) is 0. The number of fused-ring (bicyclic) bond motifs is 4. The molecule has 0 fully saturated rings. The van der Waals surface area contributed by atoms with Gasteiger partial charge in [0.05, 0.1) is 22.4 Å². The maximum Gasteiger partial charge on any atom is 0.126 e. The summed E-state index contributed by atoms with van der Waals surface area (Å²) in [5.41, 5.74) is 8.23. The van der Waals surface area contributed by atoms with Crippen molar-refractivity contribution in [3.8, 4) is 28.3 Å². The van der Waals surface area contributed by atoms with Gasteiger partial charge in [-0.2, -0.15) is 0 Å². The van der Waals surface area contributed by atoms with E-state index in [1.807, 2.05) is 54.6 Å². The van der Waals surface area contributed by atoms with Crippen molar-refractivity contribution in [2.75, 3.05) is 0 Å². The zero-order valence-corrected chi connectivity index (χ0v) is 32.7. The summed E-state index contributed by atoms with van der Waals surface area (Å²) in [6, 6.07) is 35.0. The van der Waals surface area contributed by atoms with Crippen molar-refractivity contribution < 1.29 is 38.8 Å². The van der Waals surface area contributed by atoms with Gasteiger partial charge in [0.15, 0.2) is 0 Å². The van der Waals surface area contributed by atoms with Crippen molar-refractivity contribution in [3.05, 3.63) is 149 Å². The Balaban J connectivity index is 0.000000223. The maximum atomic E-state index is 14.8. The maximum absolute atomic E-state index is 14.8. The van der Waals surface area contributed by atoms with Crippen LogP contribution in [0.2, 0.25) is 0 Å². The summed E-state index contributed by atoms with van der Waals surface area (Å²) in [5, 5.41) is 1.70. The van der Waals surface area contributed by atoms with Crippen LogP contribution in [0.25, 0.3) is 61.3 Å². The smallest absolute Gasteiger partial charge is 0.126 e. The SMILES string of the molecule is CC(C)c1cc(F)cc(C(C)C)c1-n1c(-c2[c-]ccc3c2oc2cc(F)ccc23)nc2ccccc21.[2H]C([2H])([2H])c1cnc(-c2[c-]cccc2)cc1C([2H])(C)C.[Ir]. The Labute approximate surface area is 328 Å². The van der Waals surface area contributed by atoms with Gasteiger partial charge in [-0.1, -0.05) is 70.7 Å². The predicted molar refractivity (Wildman–Crippen MR) is 208 cm³/mol. The monoisotopic (exact) mass is 886 g/mol. The molecule has 0 atom stereocenters. The summed E-state index contributed by atoms with van der Waals surface area (Å²) in [7, 11) is 0. The van der Waals surface area contributed by atoms with E-state index in [1.54, 1.807) is 44.2 Å². The number of aromatic nitrogens is 3. The molecule has 3 aromatic heterocycles. The van der Waals surface area contributed by atoms with Crippen LogP contribution < -0.4 is 0 Å². The minimum atomic E-state index is -2.26. The number of aryl methyl sites for hydroxylation is 1. The minimum absolute atomic E-state index is 0. The molecule has 0 bridgehead atoms. The number of nitrogens with zero attached hydrogens (tertiary/aromatic N) is 3. The molecule has 4 nitrogen and oxygen atoms in total. The Morgan fingerprint density at radius 1 is 0.774 bits per heavy atom. The number of para-hydroxylation sites is 2. The molecule has 0 spiro atoms. The number of imidazole rings is 1. The Hall–Kier alpha value is -4.97. The second-order valence-corrected chi connectivity index (χ2v) is 13.7. The van der Waals surface area contributed by atoms with Crippen molar-refractivity contribution >= 4 is 33.0 Å². The minimum Gasteiger partial charge on any atom is -0.500 e. The van der Waals surface area contributed by atoms with Crippen LogP contribution in [0.1, 0.15) is 87.0 Å². The van der Waals surface area contributed by atoms with Gasteiger partial charge in [0.2, 0.25) is 0 Å². The summed E-state index contributed by atoms with van der Waals surface area (Å²) >= 11 is 0. The molecule has 0 saturated heterocycles. The summed E-state index contributed by atoms with van der Waals surface area (Å²) in [5.74, 6) is -0.793. The van der Waals surface area contributed by atoms with E-state index in [1.165, 1.54) is 18.3 Å². The largest absolute Gasteiger partial charge is 0.500 e. The molecule has 8 aromatic rings. The molecule has 0 amide bonds. The van der Waals surface area contributed by atoms with E-state index in [0.717, 1.165) is 44.2 Å². The van der Waals surface area contributed by atoms with Crippen LogP contribution in [0.3, 0.4) is 0 Å². The second-order valence-electron chi connectivity index (χ2n) is 13.7. The van der Waals surface area contributed by atoms with Crippen LogP contribution in [0.15, 0.2) is 108 Å². The van der Waals surface area contributed by atoms with Gasteiger partial charge >= 0.3 is 0 Å². The molecule has 0 aliphatic carbocycles. The van der Waals surface area contributed by atoms with Crippen LogP contribution in [0, 0.1) is 30.6 Å². The van der Waals surface area contributed by atoms with Gasteiger partial charge < -0.3 is 14.0 Å². The molecular formula is C46H41F2IrN3O-2. The first-order chi connectivity index (χ1) is 26.5. The van der Waals surface area contributed by atoms with Crippen molar-refractivity contribution in [2.45, 2.75) is 66.1 Å². The van der Waals surface area contributed by atoms with Gasteiger partial charge in [0.25, 0.3) is 0 Å². The fourth-order valence-electron chi connectivity index (χ4n) is 6.65. The zero-order chi connectivity index (χ0) is 40.1. The van der Waals surface area contributed by atoms with E-state index in [0.29, 0.717) is 33.8 Å². The molecule has 0 N–H and O–H groups in total. The number of furan rings is 1. The molecule has 0 aliphatic rings. The van der Waals surface area contributed by atoms with Crippen molar-refractivity contribution in [1.82, 2.24) is 14.5 Å². The summed E-state index contributed by atoms with van der Waals surface area (Å²) < 4.78 is 67.9.